The van der Waals surface area contributed by atoms with E-state index in [4.69, 9.17) is 4.74 Å². The van der Waals surface area contributed by atoms with Crippen molar-refractivity contribution in [2.45, 2.75) is 22.0 Å². The summed E-state index contributed by atoms with van der Waals surface area (Å²) in [4.78, 5) is 16.1. The number of aromatic nitrogens is 1. The van der Waals surface area contributed by atoms with Crippen molar-refractivity contribution in [3.05, 3.63) is 53.7 Å². The minimum Gasteiger partial charge on any atom is -0.379 e. The number of nitrogens with one attached hydrogen (secondary N) is 1. The number of morpholine rings is 1. The van der Waals surface area contributed by atoms with Gasteiger partial charge in [0, 0.05) is 37.6 Å². The van der Waals surface area contributed by atoms with Crippen LogP contribution in [0, 0.1) is 0 Å². The average Bonchev–Trinajstić information content (AvgIpc) is 2.72. The number of amides is 1. The molecule has 1 aromatic carbocycles. The summed E-state index contributed by atoms with van der Waals surface area (Å²) in [5.41, 5.74) is -4.16. The van der Waals surface area contributed by atoms with Gasteiger partial charge in [-0.2, -0.15) is 17.5 Å². The van der Waals surface area contributed by atoms with Crippen LogP contribution in [-0.4, -0.2) is 55.4 Å². The van der Waals surface area contributed by atoms with E-state index < -0.39 is 38.2 Å². The van der Waals surface area contributed by atoms with Crippen molar-refractivity contribution in [1.82, 2.24) is 14.6 Å². The number of alkyl halides is 3. The molecule has 1 aliphatic rings. The number of halogens is 3. The largest absolute Gasteiger partial charge is 0.447 e. The first-order chi connectivity index (χ1) is 14.2. The maximum Gasteiger partial charge on any atom is 0.447 e. The zero-order chi connectivity index (χ0) is 21.8. The predicted molar refractivity (Wildman–Crippen MR) is 103 cm³/mol. The van der Waals surface area contributed by atoms with Crippen LogP contribution in [0.4, 0.5) is 13.2 Å². The molecule has 1 N–H and O–H groups in total. The molecule has 1 saturated heterocycles. The molecule has 0 aliphatic carbocycles. The van der Waals surface area contributed by atoms with E-state index in [-0.39, 0.29) is 30.1 Å². The molecule has 7 nitrogen and oxygen atoms in total. The first-order valence-electron chi connectivity index (χ1n) is 8.82. The number of pyridine rings is 1. The Bertz CT molecular complexity index is 992. The van der Waals surface area contributed by atoms with Gasteiger partial charge in [0.05, 0.1) is 23.7 Å². The molecule has 2 aromatic rings. The third-order valence-electron chi connectivity index (χ3n) is 4.21. The Hall–Kier alpha value is -2.15. The summed E-state index contributed by atoms with van der Waals surface area (Å²) >= 11 is -0.457. The molecule has 12 heteroatoms. The Kier molecular flexibility index (Phi) is 7.01. The van der Waals surface area contributed by atoms with Gasteiger partial charge in [-0.3, -0.25) is 4.79 Å². The van der Waals surface area contributed by atoms with Crippen molar-refractivity contribution in [3.63, 3.8) is 0 Å². The van der Waals surface area contributed by atoms with Gasteiger partial charge in [0.25, 0.3) is 5.91 Å². The van der Waals surface area contributed by atoms with Gasteiger partial charge in [-0.25, -0.2) is 13.4 Å². The van der Waals surface area contributed by atoms with Crippen LogP contribution < -0.4 is 5.32 Å². The quantitative estimate of drug-likeness (QED) is 0.666. The van der Waals surface area contributed by atoms with E-state index in [1.165, 1.54) is 34.8 Å². The minimum absolute atomic E-state index is 0.0156. The van der Waals surface area contributed by atoms with Crippen LogP contribution in [0.1, 0.15) is 15.9 Å². The normalized spacial score (nSPS) is 15.7. The number of benzene rings is 1. The number of hydrogen-bond acceptors (Lipinski definition) is 6. The zero-order valence-corrected chi connectivity index (χ0v) is 17.2. The van der Waals surface area contributed by atoms with E-state index in [1.807, 2.05) is 0 Å². The van der Waals surface area contributed by atoms with Crippen LogP contribution in [0.3, 0.4) is 0 Å². The highest BCUT2D eigenvalue weighted by molar-refractivity contribution is 8.00. The zero-order valence-electron chi connectivity index (χ0n) is 15.6. The number of carbonyl (C=O) groups excluding carboxylic acids is 1. The van der Waals surface area contributed by atoms with Crippen LogP contribution in [-0.2, 0) is 21.3 Å². The highest BCUT2D eigenvalue weighted by Gasteiger charge is 2.32. The van der Waals surface area contributed by atoms with Crippen molar-refractivity contribution in [2.24, 2.45) is 0 Å². The molecule has 1 fully saturated rings. The van der Waals surface area contributed by atoms with Crippen LogP contribution >= 0.6 is 11.8 Å². The van der Waals surface area contributed by atoms with E-state index in [0.29, 0.717) is 18.8 Å². The van der Waals surface area contributed by atoms with Gasteiger partial charge in [0.2, 0.25) is 10.0 Å². The summed E-state index contributed by atoms with van der Waals surface area (Å²) in [5, 5.41) is 2.09. The highest BCUT2D eigenvalue weighted by Crippen LogP contribution is 2.37. The highest BCUT2D eigenvalue weighted by atomic mass is 32.2. The first kappa shape index (κ1) is 22.5. The Labute approximate surface area is 175 Å². The van der Waals surface area contributed by atoms with Crippen molar-refractivity contribution in [2.75, 3.05) is 26.3 Å². The second-order valence-electron chi connectivity index (χ2n) is 6.25. The third kappa shape index (κ3) is 5.72. The lowest BCUT2D eigenvalue weighted by Crippen LogP contribution is -2.40. The third-order valence-corrected chi connectivity index (χ3v) is 6.88. The second-order valence-corrected chi connectivity index (χ2v) is 9.24. The molecule has 1 aromatic heterocycles. The fourth-order valence-electron chi connectivity index (χ4n) is 2.75. The summed E-state index contributed by atoms with van der Waals surface area (Å²) in [6.45, 7) is 1.26. The number of carbonyl (C=O) groups is 1. The Morgan fingerprint density at radius 1 is 1.17 bits per heavy atom. The number of ether oxygens (including phenoxy) is 1. The van der Waals surface area contributed by atoms with Gasteiger partial charge in [0.1, 0.15) is 5.03 Å². The van der Waals surface area contributed by atoms with E-state index in [1.54, 1.807) is 12.1 Å². The van der Waals surface area contributed by atoms with Crippen LogP contribution in [0.25, 0.3) is 0 Å². The maximum absolute atomic E-state index is 12.6. The van der Waals surface area contributed by atoms with Crippen LogP contribution in [0.5, 0.6) is 0 Å². The summed E-state index contributed by atoms with van der Waals surface area (Å²) in [6, 6.07) is 8.59. The molecule has 0 spiro atoms. The molecular weight excluding hydrogens is 443 g/mol. The monoisotopic (exact) mass is 461 g/mol. The molecule has 1 aliphatic heterocycles. The standard InChI is InChI=1S/C18H18F3N3O4S2/c19-18(20,21)29-17-15(2-1-7-22-17)16(25)23-12-13-3-5-14(6-4-13)30(26,27)24-8-10-28-11-9-24/h1-7H,8-12H2,(H,23,25). The lowest BCUT2D eigenvalue weighted by Gasteiger charge is -2.26. The molecule has 2 heterocycles. The summed E-state index contributed by atoms with van der Waals surface area (Å²) in [5.74, 6) is -0.708. The molecule has 0 saturated carbocycles. The summed E-state index contributed by atoms with van der Waals surface area (Å²) in [6.07, 6.45) is 1.18. The number of sulfonamides is 1. The SMILES string of the molecule is O=C(NCc1ccc(S(=O)(=O)N2CCOCC2)cc1)c1cccnc1SC(F)(F)F. The van der Waals surface area contributed by atoms with E-state index in [9.17, 15) is 26.4 Å². The van der Waals surface area contributed by atoms with Crippen molar-refractivity contribution < 1.29 is 31.1 Å². The molecule has 0 atom stereocenters. The number of thioether (sulfide) groups is 1. The van der Waals surface area contributed by atoms with Gasteiger partial charge in [0.15, 0.2) is 0 Å². The Morgan fingerprint density at radius 3 is 2.47 bits per heavy atom. The van der Waals surface area contributed by atoms with Crippen molar-refractivity contribution in [3.8, 4) is 0 Å². The number of hydrogen-bond donors (Lipinski definition) is 1. The maximum atomic E-state index is 12.6. The van der Waals surface area contributed by atoms with Crippen LogP contribution in [0.2, 0.25) is 0 Å². The van der Waals surface area contributed by atoms with E-state index in [2.05, 4.69) is 10.3 Å². The summed E-state index contributed by atoms with van der Waals surface area (Å²) < 4.78 is 69.6. The molecular formula is C18H18F3N3O4S2. The molecule has 0 unspecified atom stereocenters. The van der Waals surface area contributed by atoms with E-state index in [0.717, 1.165) is 0 Å². The number of nitrogens with zero attached hydrogens (tertiary/aromatic N) is 2. The topological polar surface area (TPSA) is 88.6 Å². The van der Waals surface area contributed by atoms with E-state index >= 15 is 0 Å². The predicted octanol–water partition coefficient (Wildman–Crippen LogP) is 2.64. The average molecular weight is 461 g/mol. The lowest BCUT2D eigenvalue weighted by atomic mass is 10.2. The molecule has 1 amide bonds. The Balaban J connectivity index is 1.65. The molecule has 162 valence electrons. The lowest BCUT2D eigenvalue weighted by molar-refractivity contribution is -0.0329. The molecule has 0 bridgehead atoms. The van der Waals surface area contributed by atoms with Gasteiger partial charge in [-0.05, 0) is 29.8 Å². The van der Waals surface area contributed by atoms with Crippen molar-refractivity contribution >= 4 is 27.7 Å². The molecule has 30 heavy (non-hydrogen) atoms. The molecule has 0 radical (unpaired) electrons. The first-order valence-corrected chi connectivity index (χ1v) is 11.1. The Morgan fingerprint density at radius 2 is 1.83 bits per heavy atom. The molecule has 3 rings (SSSR count). The van der Waals surface area contributed by atoms with Gasteiger partial charge in [-0.1, -0.05) is 12.1 Å². The van der Waals surface area contributed by atoms with Crippen molar-refractivity contribution in [1.29, 1.82) is 0 Å². The van der Waals surface area contributed by atoms with Gasteiger partial charge >= 0.3 is 5.51 Å². The van der Waals surface area contributed by atoms with Gasteiger partial charge < -0.3 is 10.1 Å². The smallest absolute Gasteiger partial charge is 0.379 e. The fourth-order valence-corrected chi connectivity index (χ4v) is 4.76. The van der Waals surface area contributed by atoms with Crippen LogP contribution in [0.15, 0.2) is 52.5 Å². The number of rotatable bonds is 6. The summed E-state index contributed by atoms with van der Waals surface area (Å²) in [7, 11) is -3.63. The minimum atomic E-state index is -4.56. The second kappa shape index (κ2) is 9.33. The fraction of sp³-hybridized carbons (Fsp3) is 0.333. The van der Waals surface area contributed by atoms with Gasteiger partial charge in [-0.15, -0.1) is 0 Å².